The van der Waals surface area contributed by atoms with Crippen LogP contribution in [0.2, 0.25) is 5.02 Å². The summed E-state index contributed by atoms with van der Waals surface area (Å²) >= 11 is 8.99. The SMILES string of the molecule is COCC(O)(c1ccc(Br)c(Cl)c1F)C1CC1. The normalized spacial score (nSPS) is 19.1. The van der Waals surface area contributed by atoms with Crippen LogP contribution in [0.3, 0.4) is 0 Å². The first-order valence-electron chi connectivity index (χ1n) is 5.36. The maximum absolute atomic E-state index is 14.1. The largest absolute Gasteiger partial charge is 0.382 e. The van der Waals surface area contributed by atoms with Crippen LogP contribution in [-0.2, 0) is 10.3 Å². The van der Waals surface area contributed by atoms with Crippen LogP contribution in [0.15, 0.2) is 16.6 Å². The molecule has 0 spiro atoms. The summed E-state index contributed by atoms with van der Waals surface area (Å²) in [6.07, 6.45) is 1.76. The van der Waals surface area contributed by atoms with Gasteiger partial charge >= 0.3 is 0 Å². The highest BCUT2D eigenvalue weighted by Gasteiger charge is 2.47. The fourth-order valence-corrected chi connectivity index (χ4v) is 2.53. The first-order chi connectivity index (χ1) is 8.00. The molecule has 1 fully saturated rings. The highest BCUT2D eigenvalue weighted by molar-refractivity contribution is 9.10. The van der Waals surface area contributed by atoms with Crippen LogP contribution >= 0.6 is 27.5 Å². The molecule has 0 aliphatic heterocycles. The summed E-state index contributed by atoms with van der Waals surface area (Å²) in [5.41, 5.74) is -1.06. The predicted molar refractivity (Wildman–Crippen MR) is 67.6 cm³/mol. The van der Waals surface area contributed by atoms with Crippen molar-refractivity contribution >= 4 is 27.5 Å². The van der Waals surface area contributed by atoms with Gasteiger partial charge in [-0.15, -0.1) is 0 Å². The Bertz CT molecular complexity index is 437. The Morgan fingerprint density at radius 2 is 2.24 bits per heavy atom. The number of ether oxygens (including phenoxy) is 1. The van der Waals surface area contributed by atoms with E-state index < -0.39 is 11.4 Å². The molecule has 1 aliphatic carbocycles. The van der Waals surface area contributed by atoms with E-state index in [1.807, 2.05) is 0 Å². The summed E-state index contributed by atoms with van der Waals surface area (Å²) in [5.74, 6) is -0.526. The second-order valence-electron chi connectivity index (χ2n) is 4.35. The van der Waals surface area contributed by atoms with E-state index in [9.17, 15) is 9.50 Å². The quantitative estimate of drug-likeness (QED) is 0.860. The summed E-state index contributed by atoms with van der Waals surface area (Å²) in [6.45, 7) is 0.0759. The molecule has 0 bridgehead atoms. The molecule has 17 heavy (non-hydrogen) atoms. The maximum atomic E-state index is 14.1. The smallest absolute Gasteiger partial charge is 0.149 e. The van der Waals surface area contributed by atoms with Crippen molar-refractivity contribution in [2.24, 2.45) is 5.92 Å². The Kier molecular flexibility index (Phi) is 3.78. The summed E-state index contributed by atoms with van der Waals surface area (Å²) < 4.78 is 19.6. The van der Waals surface area contributed by atoms with Gasteiger partial charge in [0.05, 0.1) is 11.6 Å². The van der Waals surface area contributed by atoms with Gasteiger partial charge in [-0.3, -0.25) is 0 Å². The number of halogens is 3. The van der Waals surface area contributed by atoms with E-state index in [2.05, 4.69) is 15.9 Å². The van der Waals surface area contributed by atoms with Gasteiger partial charge in [-0.25, -0.2) is 4.39 Å². The average molecular weight is 324 g/mol. The molecule has 1 saturated carbocycles. The molecule has 0 aromatic heterocycles. The summed E-state index contributed by atoms with van der Waals surface area (Å²) in [6, 6.07) is 3.20. The third kappa shape index (κ3) is 2.36. The molecule has 0 saturated heterocycles. The van der Waals surface area contributed by atoms with Gasteiger partial charge in [0.2, 0.25) is 0 Å². The first kappa shape index (κ1) is 13.3. The molecule has 0 radical (unpaired) electrons. The van der Waals surface area contributed by atoms with Crippen LogP contribution in [0.1, 0.15) is 18.4 Å². The van der Waals surface area contributed by atoms with Gasteiger partial charge in [0.25, 0.3) is 0 Å². The summed E-state index contributed by atoms with van der Waals surface area (Å²) in [4.78, 5) is 0. The maximum Gasteiger partial charge on any atom is 0.149 e. The molecule has 0 amide bonds. The lowest BCUT2D eigenvalue weighted by atomic mass is 9.89. The number of rotatable bonds is 4. The number of aliphatic hydroxyl groups is 1. The first-order valence-corrected chi connectivity index (χ1v) is 6.53. The van der Waals surface area contributed by atoms with Crippen LogP contribution in [0.25, 0.3) is 0 Å². The summed E-state index contributed by atoms with van der Waals surface area (Å²) in [7, 11) is 1.49. The van der Waals surface area contributed by atoms with Crippen molar-refractivity contribution in [3.05, 3.63) is 33.0 Å². The molecule has 0 heterocycles. The lowest BCUT2D eigenvalue weighted by Crippen LogP contribution is -2.34. The highest BCUT2D eigenvalue weighted by atomic mass is 79.9. The second kappa shape index (κ2) is 4.84. The molecule has 1 unspecified atom stereocenters. The lowest BCUT2D eigenvalue weighted by Gasteiger charge is -2.28. The zero-order chi connectivity index (χ0) is 12.6. The number of hydrogen-bond acceptors (Lipinski definition) is 2. The Morgan fingerprint density at radius 1 is 1.59 bits per heavy atom. The number of methoxy groups -OCH3 is 1. The molecule has 1 aromatic carbocycles. The Hall–Kier alpha value is -0.160. The second-order valence-corrected chi connectivity index (χ2v) is 5.59. The van der Waals surface area contributed by atoms with E-state index in [1.165, 1.54) is 7.11 Å². The zero-order valence-electron chi connectivity index (χ0n) is 9.34. The van der Waals surface area contributed by atoms with E-state index >= 15 is 0 Å². The third-order valence-electron chi connectivity index (χ3n) is 3.12. The van der Waals surface area contributed by atoms with Crippen molar-refractivity contribution in [3.63, 3.8) is 0 Å². The molecular weight excluding hydrogens is 310 g/mol. The van der Waals surface area contributed by atoms with Crippen LogP contribution in [0, 0.1) is 11.7 Å². The van der Waals surface area contributed by atoms with Gasteiger partial charge < -0.3 is 9.84 Å². The van der Waals surface area contributed by atoms with Crippen LogP contribution in [0.4, 0.5) is 4.39 Å². The minimum Gasteiger partial charge on any atom is -0.382 e. The number of benzene rings is 1. The Morgan fingerprint density at radius 3 is 2.76 bits per heavy atom. The highest BCUT2D eigenvalue weighted by Crippen LogP contribution is 2.47. The topological polar surface area (TPSA) is 29.5 Å². The van der Waals surface area contributed by atoms with Gasteiger partial charge in [-0.2, -0.15) is 0 Å². The third-order valence-corrected chi connectivity index (χ3v) is 4.38. The van der Waals surface area contributed by atoms with Gasteiger partial charge in [-0.05, 0) is 40.8 Å². The van der Waals surface area contributed by atoms with E-state index in [-0.39, 0.29) is 23.1 Å². The zero-order valence-corrected chi connectivity index (χ0v) is 11.7. The molecule has 1 atom stereocenters. The predicted octanol–water partition coefficient (Wildman–Crippen LogP) is 3.49. The molecule has 2 nitrogen and oxygen atoms in total. The minimum absolute atomic E-state index is 0.00215. The standard InChI is InChI=1S/C12H13BrClFO2/c1-17-6-12(16,7-2-3-7)8-4-5-9(13)10(14)11(8)15/h4-5,7,16H,2-3,6H2,1H3. The Balaban J connectivity index is 2.46. The van der Waals surface area contributed by atoms with Gasteiger partial charge in [0, 0.05) is 17.1 Å². The molecule has 2 rings (SSSR count). The van der Waals surface area contributed by atoms with Crippen molar-refractivity contribution in [1.29, 1.82) is 0 Å². The van der Waals surface area contributed by atoms with Crippen molar-refractivity contribution in [2.45, 2.75) is 18.4 Å². The molecule has 1 N–H and O–H groups in total. The molecule has 1 aliphatic rings. The van der Waals surface area contributed by atoms with E-state index in [0.29, 0.717) is 4.47 Å². The van der Waals surface area contributed by atoms with Crippen LogP contribution in [0.5, 0.6) is 0 Å². The fourth-order valence-electron chi connectivity index (χ4n) is 2.06. The van der Waals surface area contributed by atoms with E-state index in [4.69, 9.17) is 16.3 Å². The van der Waals surface area contributed by atoms with E-state index in [0.717, 1.165) is 12.8 Å². The molecule has 5 heteroatoms. The van der Waals surface area contributed by atoms with Crippen molar-refractivity contribution < 1.29 is 14.2 Å². The minimum atomic E-state index is -1.27. The Labute approximate surface area is 113 Å². The van der Waals surface area contributed by atoms with Crippen molar-refractivity contribution in [1.82, 2.24) is 0 Å². The van der Waals surface area contributed by atoms with Gasteiger partial charge in [-0.1, -0.05) is 17.7 Å². The summed E-state index contributed by atoms with van der Waals surface area (Å²) in [5, 5.41) is 10.6. The van der Waals surface area contributed by atoms with Crippen molar-refractivity contribution in [2.75, 3.05) is 13.7 Å². The number of hydrogen-bond donors (Lipinski definition) is 1. The van der Waals surface area contributed by atoms with Crippen molar-refractivity contribution in [3.8, 4) is 0 Å². The molecular formula is C12H13BrClFO2. The van der Waals surface area contributed by atoms with Gasteiger partial charge in [0.15, 0.2) is 0 Å². The average Bonchev–Trinajstić information content (AvgIpc) is 3.10. The fraction of sp³-hybridized carbons (Fsp3) is 0.500. The van der Waals surface area contributed by atoms with Crippen LogP contribution in [-0.4, -0.2) is 18.8 Å². The van der Waals surface area contributed by atoms with Gasteiger partial charge in [0.1, 0.15) is 11.4 Å². The molecule has 1 aromatic rings. The lowest BCUT2D eigenvalue weighted by molar-refractivity contribution is -0.0555. The van der Waals surface area contributed by atoms with Crippen LogP contribution < -0.4 is 0 Å². The molecule has 94 valence electrons. The monoisotopic (exact) mass is 322 g/mol. The van der Waals surface area contributed by atoms with E-state index in [1.54, 1.807) is 12.1 Å².